The smallest absolute Gasteiger partial charge is 0.328 e. The topological polar surface area (TPSA) is 96.5 Å². The number of nitrogens with one attached hydrogen (secondary N) is 3. The van der Waals surface area contributed by atoms with E-state index in [4.69, 9.17) is 4.74 Å². The van der Waals surface area contributed by atoms with Crippen molar-refractivity contribution in [2.45, 2.75) is 25.3 Å². The van der Waals surface area contributed by atoms with Crippen LogP contribution in [0.25, 0.3) is 0 Å². The lowest BCUT2D eigenvalue weighted by Crippen LogP contribution is -2.42. The van der Waals surface area contributed by atoms with Crippen molar-refractivity contribution in [3.63, 3.8) is 0 Å². The number of fused-ring (bicyclic) bond motifs is 1. The molecule has 1 aliphatic rings. The molecule has 0 aromatic heterocycles. The highest BCUT2D eigenvalue weighted by atomic mass is 16.5. The molecule has 0 saturated carbocycles. The number of methoxy groups -OCH3 is 1. The number of carbonyl (C=O) groups excluding carboxylic acids is 3. The molecule has 3 rings (SSSR count). The first kappa shape index (κ1) is 20.4. The molecule has 7 heteroatoms. The monoisotopic (exact) mass is 395 g/mol. The van der Waals surface area contributed by atoms with Gasteiger partial charge < -0.3 is 20.7 Å². The number of hydrogen-bond acceptors (Lipinski definition) is 5. The molecule has 0 radical (unpaired) electrons. The Kier molecular flexibility index (Phi) is 6.84. The van der Waals surface area contributed by atoms with Gasteiger partial charge in [0.2, 0.25) is 0 Å². The molecule has 1 atom stereocenters. The molecule has 29 heavy (non-hydrogen) atoms. The van der Waals surface area contributed by atoms with Crippen molar-refractivity contribution >= 4 is 23.5 Å². The van der Waals surface area contributed by atoms with Crippen LogP contribution in [0.2, 0.25) is 0 Å². The number of benzene rings is 2. The summed E-state index contributed by atoms with van der Waals surface area (Å²) in [6, 6.07) is 13.6. The maximum atomic E-state index is 12.6. The lowest BCUT2D eigenvalue weighted by molar-refractivity contribution is -0.143. The fourth-order valence-electron chi connectivity index (χ4n) is 3.28. The van der Waals surface area contributed by atoms with Crippen molar-refractivity contribution in [2.75, 3.05) is 25.5 Å². The van der Waals surface area contributed by atoms with E-state index in [1.807, 2.05) is 18.2 Å². The Labute approximate surface area is 169 Å². The number of carbonyl (C=O) groups is 3. The average Bonchev–Trinajstić information content (AvgIpc) is 3.23. The van der Waals surface area contributed by atoms with E-state index in [0.717, 1.165) is 24.2 Å². The van der Waals surface area contributed by atoms with Gasteiger partial charge in [0.05, 0.1) is 7.11 Å². The minimum absolute atomic E-state index is 0.170. The largest absolute Gasteiger partial charge is 0.467 e. The van der Waals surface area contributed by atoms with Crippen LogP contribution in [-0.4, -0.2) is 44.0 Å². The summed E-state index contributed by atoms with van der Waals surface area (Å²) >= 11 is 0. The lowest BCUT2D eigenvalue weighted by Gasteiger charge is -2.17. The molecule has 0 saturated heterocycles. The van der Waals surface area contributed by atoms with Gasteiger partial charge >= 0.3 is 5.97 Å². The van der Waals surface area contributed by atoms with Gasteiger partial charge in [-0.25, -0.2) is 4.79 Å². The SMILES string of the molecule is COC(=O)[C@H](CCCNC(=O)c1ccccc1)NC(=O)c1ccc2c(c1)CCN2. The Balaban J connectivity index is 1.52. The van der Waals surface area contributed by atoms with Crippen LogP contribution >= 0.6 is 0 Å². The molecule has 0 aliphatic carbocycles. The highest BCUT2D eigenvalue weighted by Crippen LogP contribution is 2.23. The van der Waals surface area contributed by atoms with Crippen molar-refractivity contribution in [2.24, 2.45) is 0 Å². The second-order valence-corrected chi connectivity index (χ2v) is 6.86. The zero-order valence-electron chi connectivity index (χ0n) is 16.4. The molecular weight excluding hydrogens is 370 g/mol. The van der Waals surface area contributed by atoms with Crippen LogP contribution in [0.5, 0.6) is 0 Å². The molecule has 0 spiro atoms. The summed E-state index contributed by atoms with van der Waals surface area (Å²) in [5, 5.41) is 8.81. The fourth-order valence-corrected chi connectivity index (χ4v) is 3.28. The van der Waals surface area contributed by atoms with E-state index in [1.165, 1.54) is 7.11 Å². The van der Waals surface area contributed by atoms with Gasteiger partial charge in [-0.05, 0) is 55.2 Å². The summed E-state index contributed by atoms with van der Waals surface area (Å²) in [6.07, 6.45) is 1.75. The van der Waals surface area contributed by atoms with Crippen LogP contribution in [0.15, 0.2) is 48.5 Å². The molecule has 3 N–H and O–H groups in total. The summed E-state index contributed by atoms with van der Waals surface area (Å²) in [5.41, 5.74) is 3.23. The Morgan fingerprint density at radius 1 is 1.07 bits per heavy atom. The van der Waals surface area contributed by atoms with Gasteiger partial charge in [0.1, 0.15) is 6.04 Å². The van der Waals surface area contributed by atoms with Crippen LogP contribution in [0.4, 0.5) is 5.69 Å². The predicted molar refractivity (Wildman–Crippen MR) is 110 cm³/mol. The molecule has 0 bridgehead atoms. The van der Waals surface area contributed by atoms with E-state index >= 15 is 0 Å². The first-order chi connectivity index (χ1) is 14.1. The third-order valence-electron chi connectivity index (χ3n) is 4.86. The summed E-state index contributed by atoms with van der Waals surface area (Å²) in [5.74, 6) is -0.991. The number of rotatable bonds is 8. The fraction of sp³-hybridized carbons (Fsp3) is 0.318. The molecule has 2 aromatic rings. The summed E-state index contributed by atoms with van der Waals surface area (Å²) in [7, 11) is 1.29. The number of anilines is 1. The molecule has 0 unspecified atom stereocenters. The standard InChI is InChI=1S/C22H25N3O4/c1-29-22(28)19(8-5-12-24-20(26)15-6-3-2-4-7-15)25-21(27)17-9-10-18-16(14-17)11-13-23-18/h2-4,6-7,9-10,14,19,23H,5,8,11-13H2,1H3,(H,24,26)(H,25,27)/t19-/m0/s1. The summed E-state index contributed by atoms with van der Waals surface area (Å²) in [6.45, 7) is 1.25. The molecule has 1 heterocycles. The van der Waals surface area contributed by atoms with Gasteiger partial charge in [0.25, 0.3) is 11.8 Å². The van der Waals surface area contributed by atoms with Crippen LogP contribution in [0.3, 0.4) is 0 Å². The van der Waals surface area contributed by atoms with E-state index in [1.54, 1.807) is 30.3 Å². The number of ether oxygens (including phenoxy) is 1. The predicted octanol–water partition coefficient (Wildman–Crippen LogP) is 2.14. The second kappa shape index (κ2) is 9.73. The first-order valence-corrected chi connectivity index (χ1v) is 9.67. The zero-order chi connectivity index (χ0) is 20.6. The minimum Gasteiger partial charge on any atom is -0.467 e. The molecule has 2 aromatic carbocycles. The normalized spacial score (nSPS) is 13.0. The summed E-state index contributed by atoms with van der Waals surface area (Å²) < 4.78 is 4.82. The van der Waals surface area contributed by atoms with Gasteiger partial charge in [-0.1, -0.05) is 18.2 Å². The third-order valence-corrected chi connectivity index (χ3v) is 4.86. The highest BCUT2D eigenvalue weighted by molar-refractivity contribution is 5.97. The van der Waals surface area contributed by atoms with E-state index in [9.17, 15) is 14.4 Å². The Bertz CT molecular complexity index is 883. The Morgan fingerprint density at radius 3 is 2.62 bits per heavy atom. The van der Waals surface area contributed by atoms with Crippen molar-refractivity contribution in [1.29, 1.82) is 0 Å². The molecule has 152 valence electrons. The molecule has 7 nitrogen and oxygen atoms in total. The van der Waals surface area contributed by atoms with Crippen LogP contribution in [0.1, 0.15) is 39.1 Å². The number of hydrogen-bond donors (Lipinski definition) is 3. The number of esters is 1. The second-order valence-electron chi connectivity index (χ2n) is 6.86. The van der Waals surface area contributed by atoms with Crippen LogP contribution < -0.4 is 16.0 Å². The average molecular weight is 395 g/mol. The van der Waals surface area contributed by atoms with E-state index in [2.05, 4.69) is 16.0 Å². The van der Waals surface area contributed by atoms with E-state index in [0.29, 0.717) is 30.5 Å². The molecule has 2 amide bonds. The maximum absolute atomic E-state index is 12.6. The Morgan fingerprint density at radius 2 is 1.86 bits per heavy atom. The van der Waals surface area contributed by atoms with E-state index in [-0.39, 0.29) is 11.8 Å². The van der Waals surface area contributed by atoms with Crippen molar-refractivity contribution < 1.29 is 19.1 Å². The van der Waals surface area contributed by atoms with Gasteiger partial charge in [-0.15, -0.1) is 0 Å². The van der Waals surface area contributed by atoms with Crippen LogP contribution in [0, 0.1) is 0 Å². The first-order valence-electron chi connectivity index (χ1n) is 9.67. The van der Waals surface area contributed by atoms with Gasteiger partial charge in [0, 0.05) is 29.9 Å². The van der Waals surface area contributed by atoms with Crippen molar-refractivity contribution in [1.82, 2.24) is 10.6 Å². The van der Waals surface area contributed by atoms with Gasteiger partial charge in [-0.2, -0.15) is 0 Å². The third kappa shape index (κ3) is 5.34. The zero-order valence-corrected chi connectivity index (χ0v) is 16.4. The van der Waals surface area contributed by atoms with Gasteiger partial charge in [0.15, 0.2) is 0 Å². The highest BCUT2D eigenvalue weighted by Gasteiger charge is 2.22. The van der Waals surface area contributed by atoms with Crippen molar-refractivity contribution in [3.8, 4) is 0 Å². The molecule has 1 aliphatic heterocycles. The van der Waals surface area contributed by atoms with Crippen molar-refractivity contribution in [3.05, 3.63) is 65.2 Å². The maximum Gasteiger partial charge on any atom is 0.328 e. The summed E-state index contributed by atoms with van der Waals surface area (Å²) in [4.78, 5) is 36.7. The van der Waals surface area contributed by atoms with Gasteiger partial charge in [-0.3, -0.25) is 9.59 Å². The van der Waals surface area contributed by atoms with Crippen LogP contribution in [-0.2, 0) is 16.0 Å². The molecule has 0 fully saturated rings. The lowest BCUT2D eigenvalue weighted by atomic mass is 10.1. The molecular formula is C22H25N3O4. The van der Waals surface area contributed by atoms with E-state index < -0.39 is 12.0 Å². The Hall–Kier alpha value is -3.35. The minimum atomic E-state index is -0.771. The quantitative estimate of drug-likeness (QED) is 0.470. The number of amides is 2.